The Morgan fingerprint density at radius 1 is 1.58 bits per heavy atom. The molecule has 3 unspecified atom stereocenters. The number of nitrogens with zero attached hydrogens (tertiary/aromatic N) is 1. The van der Waals surface area contributed by atoms with Gasteiger partial charge in [-0.15, -0.1) is 6.58 Å². The second-order valence-electron chi connectivity index (χ2n) is 4.13. The van der Waals surface area contributed by atoms with Crippen LogP contribution < -0.4 is 0 Å². The largest absolute Gasteiger partial charge is 0.389 e. The summed E-state index contributed by atoms with van der Waals surface area (Å²) in [7, 11) is 0. The standard InChI is InChI=1S/C10H17NO/c1-2-4-10(12)5-7-11-6-3-9(10)8-11/h2,9,12H,1,3-8H2. The fourth-order valence-corrected chi connectivity index (χ4v) is 2.55. The molecule has 0 aliphatic carbocycles. The fourth-order valence-electron chi connectivity index (χ4n) is 2.55. The van der Waals surface area contributed by atoms with Crippen LogP contribution in [-0.2, 0) is 0 Å². The van der Waals surface area contributed by atoms with Crippen LogP contribution in [0.2, 0.25) is 0 Å². The van der Waals surface area contributed by atoms with E-state index in [1.807, 2.05) is 6.08 Å². The van der Waals surface area contributed by atoms with E-state index in [2.05, 4.69) is 11.5 Å². The highest BCUT2D eigenvalue weighted by Gasteiger charge is 2.43. The summed E-state index contributed by atoms with van der Waals surface area (Å²) in [6.07, 6.45) is 4.73. The Morgan fingerprint density at radius 2 is 2.42 bits per heavy atom. The number of aliphatic hydroxyl groups is 1. The van der Waals surface area contributed by atoms with Crippen LogP contribution in [0.25, 0.3) is 0 Å². The van der Waals surface area contributed by atoms with Gasteiger partial charge in [-0.3, -0.25) is 0 Å². The Kier molecular flexibility index (Phi) is 1.97. The van der Waals surface area contributed by atoms with Crippen molar-refractivity contribution in [3.63, 3.8) is 0 Å². The van der Waals surface area contributed by atoms with E-state index in [-0.39, 0.29) is 0 Å². The van der Waals surface area contributed by atoms with E-state index in [1.165, 1.54) is 13.0 Å². The van der Waals surface area contributed by atoms with Crippen LogP contribution in [0.5, 0.6) is 0 Å². The van der Waals surface area contributed by atoms with Crippen molar-refractivity contribution in [2.45, 2.75) is 24.9 Å². The number of rotatable bonds is 2. The molecule has 68 valence electrons. The van der Waals surface area contributed by atoms with Gasteiger partial charge in [-0.25, -0.2) is 0 Å². The van der Waals surface area contributed by atoms with Crippen molar-refractivity contribution in [2.24, 2.45) is 5.92 Å². The third-order valence-corrected chi connectivity index (χ3v) is 3.39. The summed E-state index contributed by atoms with van der Waals surface area (Å²) in [5, 5.41) is 10.3. The van der Waals surface area contributed by atoms with Gasteiger partial charge in [-0.2, -0.15) is 0 Å². The minimum Gasteiger partial charge on any atom is -0.389 e. The van der Waals surface area contributed by atoms with Crippen molar-refractivity contribution in [3.05, 3.63) is 12.7 Å². The van der Waals surface area contributed by atoms with Crippen molar-refractivity contribution >= 4 is 0 Å². The smallest absolute Gasteiger partial charge is 0.0734 e. The van der Waals surface area contributed by atoms with Crippen molar-refractivity contribution in [2.75, 3.05) is 19.6 Å². The topological polar surface area (TPSA) is 23.5 Å². The zero-order valence-corrected chi connectivity index (χ0v) is 7.50. The van der Waals surface area contributed by atoms with E-state index in [0.29, 0.717) is 5.92 Å². The van der Waals surface area contributed by atoms with Crippen LogP contribution in [0.3, 0.4) is 0 Å². The zero-order chi connectivity index (χ0) is 8.60. The molecule has 2 aliphatic heterocycles. The Bertz CT molecular complexity index is 192. The Hall–Kier alpha value is -0.340. The van der Waals surface area contributed by atoms with E-state index >= 15 is 0 Å². The Labute approximate surface area is 73.9 Å². The highest BCUT2D eigenvalue weighted by Crippen LogP contribution is 2.37. The minimum atomic E-state index is -0.422. The zero-order valence-electron chi connectivity index (χ0n) is 7.50. The molecule has 0 aromatic rings. The van der Waals surface area contributed by atoms with Crippen molar-refractivity contribution in [1.82, 2.24) is 4.90 Å². The average Bonchev–Trinajstić information content (AvgIpc) is 2.45. The van der Waals surface area contributed by atoms with Crippen molar-refractivity contribution < 1.29 is 5.11 Å². The summed E-state index contributed by atoms with van der Waals surface area (Å²) in [6.45, 7) is 7.07. The second-order valence-corrected chi connectivity index (χ2v) is 4.13. The first-order valence-electron chi connectivity index (χ1n) is 4.80. The second kappa shape index (κ2) is 2.86. The van der Waals surface area contributed by atoms with E-state index in [0.717, 1.165) is 25.9 Å². The summed E-state index contributed by atoms with van der Waals surface area (Å²) in [4.78, 5) is 2.45. The monoisotopic (exact) mass is 167 g/mol. The molecule has 2 saturated heterocycles. The summed E-state index contributed by atoms with van der Waals surface area (Å²) in [6, 6.07) is 0. The highest BCUT2D eigenvalue weighted by atomic mass is 16.3. The van der Waals surface area contributed by atoms with Gasteiger partial charge in [-0.05, 0) is 25.8 Å². The van der Waals surface area contributed by atoms with Crippen molar-refractivity contribution in [1.29, 1.82) is 0 Å². The summed E-state index contributed by atoms with van der Waals surface area (Å²) < 4.78 is 0. The van der Waals surface area contributed by atoms with Crippen LogP contribution in [0.1, 0.15) is 19.3 Å². The quantitative estimate of drug-likeness (QED) is 0.621. The summed E-state index contributed by atoms with van der Waals surface area (Å²) in [5.74, 6) is 0.504. The molecular weight excluding hydrogens is 150 g/mol. The lowest BCUT2D eigenvalue weighted by molar-refractivity contribution is -0.0416. The van der Waals surface area contributed by atoms with Gasteiger partial charge in [0.1, 0.15) is 0 Å². The number of hydrogen-bond donors (Lipinski definition) is 1. The Morgan fingerprint density at radius 3 is 3.17 bits per heavy atom. The van der Waals surface area contributed by atoms with Gasteiger partial charge in [0.2, 0.25) is 0 Å². The molecule has 3 atom stereocenters. The maximum absolute atomic E-state index is 10.3. The van der Waals surface area contributed by atoms with Crippen LogP contribution in [0, 0.1) is 5.92 Å². The minimum absolute atomic E-state index is 0.422. The van der Waals surface area contributed by atoms with Gasteiger partial charge >= 0.3 is 0 Å². The first-order valence-corrected chi connectivity index (χ1v) is 4.80. The van der Waals surface area contributed by atoms with E-state index in [9.17, 15) is 5.11 Å². The maximum Gasteiger partial charge on any atom is 0.0734 e. The molecule has 2 heteroatoms. The van der Waals surface area contributed by atoms with E-state index < -0.39 is 5.60 Å². The SMILES string of the molecule is C=CCC1(O)CCN2CCC1C2. The highest BCUT2D eigenvalue weighted by molar-refractivity contribution is 5.00. The molecule has 12 heavy (non-hydrogen) atoms. The maximum atomic E-state index is 10.3. The lowest BCUT2D eigenvalue weighted by Gasteiger charge is -2.38. The third-order valence-electron chi connectivity index (χ3n) is 3.39. The predicted molar refractivity (Wildman–Crippen MR) is 48.9 cm³/mol. The summed E-state index contributed by atoms with van der Waals surface area (Å²) in [5.41, 5.74) is -0.422. The normalized spacial score (nSPS) is 46.1. The molecule has 0 spiro atoms. The van der Waals surface area contributed by atoms with Crippen molar-refractivity contribution in [3.8, 4) is 0 Å². The fraction of sp³-hybridized carbons (Fsp3) is 0.800. The summed E-state index contributed by atoms with van der Waals surface area (Å²) >= 11 is 0. The lowest BCUT2D eigenvalue weighted by atomic mass is 9.80. The van der Waals surface area contributed by atoms with E-state index in [4.69, 9.17) is 0 Å². The first-order chi connectivity index (χ1) is 5.74. The average molecular weight is 167 g/mol. The van der Waals surface area contributed by atoms with Gasteiger partial charge < -0.3 is 10.0 Å². The van der Waals surface area contributed by atoms with Gasteiger partial charge in [0.15, 0.2) is 0 Å². The lowest BCUT2D eigenvalue weighted by Crippen LogP contribution is -2.45. The van der Waals surface area contributed by atoms with E-state index in [1.54, 1.807) is 0 Å². The number of hydrogen-bond acceptors (Lipinski definition) is 2. The molecule has 2 heterocycles. The van der Waals surface area contributed by atoms with Crippen LogP contribution in [-0.4, -0.2) is 35.2 Å². The van der Waals surface area contributed by atoms with Crippen LogP contribution >= 0.6 is 0 Å². The van der Waals surface area contributed by atoms with Gasteiger partial charge in [0, 0.05) is 19.0 Å². The molecule has 0 saturated carbocycles. The molecule has 2 bridgehead atoms. The van der Waals surface area contributed by atoms with Crippen LogP contribution in [0.15, 0.2) is 12.7 Å². The number of fused-ring (bicyclic) bond motifs is 2. The Balaban J connectivity index is 2.09. The first kappa shape index (κ1) is 8.27. The molecule has 2 nitrogen and oxygen atoms in total. The molecule has 2 aliphatic rings. The van der Waals surface area contributed by atoms with Gasteiger partial charge in [0.25, 0.3) is 0 Å². The molecule has 0 amide bonds. The predicted octanol–water partition coefficient (Wildman–Crippen LogP) is 1.02. The molecule has 2 fully saturated rings. The number of piperidine rings is 1. The van der Waals surface area contributed by atoms with Gasteiger partial charge in [0.05, 0.1) is 5.60 Å². The van der Waals surface area contributed by atoms with Crippen LogP contribution in [0.4, 0.5) is 0 Å². The molecular formula is C10H17NO. The molecule has 0 aromatic carbocycles. The third kappa shape index (κ3) is 1.19. The van der Waals surface area contributed by atoms with Gasteiger partial charge in [-0.1, -0.05) is 6.08 Å². The molecule has 0 radical (unpaired) electrons. The molecule has 2 rings (SSSR count). The molecule has 1 N–H and O–H groups in total. The molecule has 0 aromatic heterocycles.